The molecule has 50 valence electrons. The highest BCUT2D eigenvalue weighted by Gasteiger charge is 2.02. The van der Waals surface area contributed by atoms with Crippen LogP contribution in [0.1, 0.15) is 0 Å². The SMILES string of the molecule is O=CCSC1=NCCN1. The normalized spacial score (nSPS) is 16.7. The average molecular weight is 144 g/mol. The van der Waals surface area contributed by atoms with E-state index in [1.54, 1.807) is 0 Å². The summed E-state index contributed by atoms with van der Waals surface area (Å²) in [5.74, 6) is 0.506. The van der Waals surface area contributed by atoms with Gasteiger partial charge in [-0.05, 0) is 0 Å². The molecule has 1 aliphatic rings. The smallest absolute Gasteiger partial charge is 0.157 e. The number of aliphatic imine (C=N–C) groups is 1. The molecule has 0 saturated heterocycles. The summed E-state index contributed by atoms with van der Waals surface area (Å²) in [5.41, 5.74) is 0. The largest absolute Gasteiger partial charge is 0.363 e. The van der Waals surface area contributed by atoms with Gasteiger partial charge in [0.05, 0.1) is 12.3 Å². The molecule has 0 atom stereocenters. The number of rotatable bonds is 2. The molecule has 1 heterocycles. The minimum Gasteiger partial charge on any atom is -0.363 e. The lowest BCUT2D eigenvalue weighted by atomic mass is 10.7. The van der Waals surface area contributed by atoms with Crippen LogP contribution in [0.2, 0.25) is 0 Å². The van der Waals surface area contributed by atoms with Crippen LogP contribution in [0.4, 0.5) is 0 Å². The predicted molar refractivity (Wildman–Crippen MR) is 38.8 cm³/mol. The third-order valence-corrected chi connectivity index (χ3v) is 1.78. The standard InChI is InChI=1S/C5H8N2OS/c8-3-4-9-5-6-1-2-7-5/h3H,1-2,4H2,(H,6,7). The topological polar surface area (TPSA) is 41.5 Å². The highest BCUT2D eigenvalue weighted by atomic mass is 32.2. The molecule has 0 spiro atoms. The first-order chi connectivity index (χ1) is 4.43. The summed E-state index contributed by atoms with van der Waals surface area (Å²) in [5, 5.41) is 3.95. The molecule has 0 aromatic rings. The molecule has 0 amide bonds. The average Bonchev–Trinajstić information content (AvgIpc) is 2.34. The lowest BCUT2D eigenvalue weighted by Gasteiger charge is -1.94. The van der Waals surface area contributed by atoms with Gasteiger partial charge in [0.2, 0.25) is 0 Å². The number of carbonyl (C=O) groups excluding carboxylic acids is 1. The van der Waals surface area contributed by atoms with E-state index in [9.17, 15) is 4.79 Å². The highest BCUT2D eigenvalue weighted by Crippen LogP contribution is 2.02. The number of carbonyl (C=O) groups is 1. The van der Waals surface area contributed by atoms with Gasteiger partial charge in [0.1, 0.15) is 6.29 Å². The van der Waals surface area contributed by atoms with E-state index in [1.165, 1.54) is 11.8 Å². The van der Waals surface area contributed by atoms with Crippen molar-refractivity contribution >= 4 is 23.2 Å². The zero-order valence-electron chi connectivity index (χ0n) is 4.96. The maximum absolute atomic E-state index is 9.86. The first-order valence-corrected chi connectivity index (χ1v) is 3.77. The highest BCUT2D eigenvalue weighted by molar-refractivity contribution is 8.14. The quantitative estimate of drug-likeness (QED) is 0.549. The number of nitrogens with one attached hydrogen (secondary N) is 1. The van der Waals surface area contributed by atoms with E-state index in [0.29, 0.717) is 5.75 Å². The van der Waals surface area contributed by atoms with Crippen molar-refractivity contribution in [3.8, 4) is 0 Å². The fourth-order valence-electron chi connectivity index (χ4n) is 0.586. The van der Waals surface area contributed by atoms with Gasteiger partial charge < -0.3 is 10.1 Å². The van der Waals surface area contributed by atoms with Crippen LogP contribution in [-0.4, -0.2) is 30.3 Å². The Kier molecular flexibility index (Phi) is 2.57. The Balaban J connectivity index is 2.18. The molecule has 0 aliphatic carbocycles. The van der Waals surface area contributed by atoms with Gasteiger partial charge in [-0.2, -0.15) is 0 Å². The maximum Gasteiger partial charge on any atom is 0.157 e. The molecule has 1 aliphatic heterocycles. The van der Waals surface area contributed by atoms with Gasteiger partial charge in [-0.15, -0.1) is 0 Å². The van der Waals surface area contributed by atoms with E-state index in [-0.39, 0.29) is 0 Å². The first-order valence-electron chi connectivity index (χ1n) is 2.78. The Morgan fingerprint density at radius 3 is 3.33 bits per heavy atom. The van der Waals surface area contributed by atoms with Gasteiger partial charge in [-0.1, -0.05) is 11.8 Å². The van der Waals surface area contributed by atoms with E-state index in [2.05, 4.69) is 10.3 Å². The number of nitrogens with zero attached hydrogens (tertiary/aromatic N) is 1. The third-order valence-electron chi connectivity index (χ3n) is 0.932. The van der Waals surface area contributed by atoms with Crippen molar-refractivity contribution in [3.05, 3.63) is 0 Å². The van der Waals surface area contributed by atoms with Gasteiger partial charge in [0, 0.05) is 6.54 Å². The molecule has 0 fully saturated rings. The van der Waals surface area contributed by atoms with Crippen LogP contribution in [0.25, 0.3) is 0 Å². The Labute approximate surface area is 57.9 Å². The van der Waals surface area contributed by atoms with Gasteiger partial charge in [-0.25, -0.2) is 0 Å². The second kappa shape index (κ2) is 3.50. The van der Waals surface area contributed by atoms with Crippen LogP contribution in [-0.2, 0) is 4.79 Å². The maximum atomic E-state index is 9.86. The molecular formula is C5H8N2OS. The Bertz CT molecular complexity index is 135. The zero-order valence-corrected chi connectivity index (χ0v) is 5.78. The molecule has 0 radical (unpaired) electrons. The van der Waals surface area contributed by atoms with E-state index in [0.717, 1.165) is 24.5 Å². The molecule has 0 unspecified atom stereocenters. The number of amidine groups is 1. The summed E-state index contributed by atoms with van der Waals surface area (Å²) in [6, 6.07) is 0. The summed E-state index contributed by atoms with van der Waals surface area (Å²) in [6.45, 7) is 1.77. The number of aldehydes is 1. The molecule has 0 aromatic heterocycles. The molecule has 0 bridgehead atoms. The van der Waals surface area contributed by atoms with Crippen molar-refractivity contribution in [1.82, 2.24) is 5.32 Å². The van der Waals surface area contributed by atoms with Crippen molar-refractivity contribution in [2.45, 2.75) is 0 Å². The summed E-state index contributed by atoms with van der Waals surface area (Å²) in [7, 11) is 0. The molecule has 9 heavy (non-hydrogen) atoms. The summed E-state index contributed by atoms with van der Waals surface area (Å²) >= 11 is 1.45. The molecule has 1 rings (SSSR count). The molecular weight excluding hydrogens is 136 g/mol. The Morgan fingerprint density at radius 2 is 2.78 bits per heavy atom. The number of hydrogen-bond donors (Lipinski definition) is 1. The van der Waals surface area contributed by atoms with E-state index in [1.807, 2.05) is 0 Å². The van der Waals surface area contributed by atoms with Crippen molar-refractivity contribution in [2.24, 2.45) is 4.99 Å². The van der Waals surface area contributed by atoms with Gasteiger partial charge in [-0.3, -0.25) is 4.99 Å². The van der Waals surface area contributed by atoms with Crippen LogP contribution in [0.3, 0.4) is 0 Å². The van der Waals surface area contributed by atoms with E-state index in [4.69, 9.17) is 0 Å². The fourth-order valence-corrected chi connectivity index (χ4v) is 1.20. The van der Waals surface area contributed by atoms with Crippen LogP contribution in [0.15, 0.2) is 4.99 Å². The van der Waals surface area contributed by atoms with E-state index < -0.39 is 0 Å². The van der Waals surface area contributed by atoms with Gasteiger partial charge in [0.15, 0.2) is 5.17 Å². The van der Waals surface area contributed by atoms with Crippen molar-refractivity contribution < 1.29 is 4.79 Å². The second-order valence-corrected chi connectivity index (χ2v) is 2.60. The monoisotopic (exact) mass is 144 g/mol. The summed E-state index contributed by atoms with van der Waals surface area (Å²) in [4.78, 5) is 13.9. The van der Waals surface area contributed by atoms with Crippen LogP contribution < -0.4 is 5.32 Å². The summed E-state index contributed by atoms with van der Waals surface area (Å²) < 4.78 is 0. The van der Waals surface area contributed by atoms with Gasteiger partial charge in [0.25, 0.3) is 0 Å². The molecule has 3 nitrogen and oxygen atoms in total. The van der Waals surface area contributed by atoms with Crippen molar-refractivity contribution in [3.63, 3.8) is 0 Å². The minimum absolute atomic E-state index is 0.506. The first kappa shape index (κ1) is 6.61. The van der Waals surface area contributed by atoms with Crippen molar-refractivity contribution in [1.29, 1.82) is 0 Å². The Morgan fingerprint density at radius 1 is 1.89 bits per heavy atom. The number of thioether (sulfide) groups is 1. The number of hydrogen-bond acceptors (Lipinski definition) is 4. The zero-order chi connectivity index (χ0) is 6.53. The summed E-state index contributed by atoms with van der Waals surface area (Å²) in [6.07, 6.45) is 0.882. The van der Waals surface area contributed by atoms with Crippen LogP contribution in [0, 0.1) is 0 Å². The predicted octanol–water partition coefficient (Wildman–Crippen LogP) is -0.122. The Hall–Kier alpha value is -0.510. The molecule has 4 heteroatoms. The molecule has 0 aromatic carbocycles. The molecule has 1 N–H and O–H groups in total. The fraction of sp³-hybridized carbons (Fsp3) is 0.600. The van der Waals surface area contributed by atoms with Crippen LogP contribution >= 0.6 is 11.8 Å². The van der Waals surface area contributed by atoms with E-state index >= 15 is 0 Å². The van der Waals surface area contributed by atoms with Gasteiger partial charge >= 0.3 is 0 Å². The van der Waals surface area contributed by atoms with Crippen LogP contribution in [0.5, 0.6) is 0 Å². The minimum atomic E-state index is 0.506. The molecule has 0 saturated carbocycles. The van der Waals surface area contributed by atoms with Crippen molar-refractivity contribution in [2.75, 3.05) is 18.8 Å². The second-order valence-electron chi connectivity index (χ2n) is 1.59. The lowest BCUT2D eigenvalue weighted by Crippen LogP contribution is -2.15. The third kappa shape index (κ3) is 2.05. The lowest BCUT2D eigenvalue weighted by molar-refractivity contribution is -0.105.